The molecule has 0 aliphatic carbocycles. The molecular weight excluding hydrogens is 278 g/mol. The van der Waals surface area contributed by atoms with Crippen molar-refractivity contribution < 1.29 is 18.3 Å². The van der Waals surface area contributed by atoms with E-state index in [1.165, 1.54) is 0 Å². The van der Waals surface area contributed by atoms with Crippen molar-refractivity contribution in [1.29, 1.82) is 0 Å². The minimum Gasteiger partial charge on any atom is -0.481 e. The molecule has 0 spiro atoms. The third-order valence-corrected chi connectivity index (χ3v) is 4.68. The topological polar surface area (TPSA) is 83.5 Å². The number of carboxylic acids is 1. The summed E-state index contributed by atoms with van der Waals surface area (Å²) < 4.78 is 27.1. The molecule has 1 rings (SSSR count). The summed E-state index contributed by atoms with van der Waals surface area (Å²) >= 11 is 0. The first kappa shape index (κ1) is 16.7. The van der Waals surface area contributed by atoms with Crippen molar-refractivity contribution in [3.8, 4) is 0 Å². The standard InChI is InChI=1S/C14H21NO4S/c1-4-5-12(9-14(16)17)15-20(18,19)13-7-6-10(2)8-11(13)3/h6-8,12,15H,4-5,9H2,1-3H3,(H,16,17). The fraction of sp³-hybridized carbons (Fsp3) is 0.500. The number of benzene rings is 1. The molecule has 20 heavy (non-hydrogen) atoms. The van der Waals surface area contributed by atoms with E-state index in [1.807, 2.05) is 13.8 Å². The van der Waals surface area contributed by atoms with E-state index in [2.05, 4.69) is 4.72 Å². The van der Waals surface area contributed by atoms with Gasteiger partial charge in [-0.2, -0.15) is 0 Å². The molecule has 0 aliphatic rings. The van der Waals surface area contributed by atoms with E-state index in [1.54, 1.807) is 25.1 Å². The quantitative estimate of drug-likeness (QED) is 0.808. The highest BCUT2D eigenvalue weighted by molar-refractivity contribution is 7.89. The van der Waals surface area contributed by atoms with Crippen LogP contribution in [0.3, 0.4) is 0 Å². The molecule has 1 unspecified atom stereocenters. The van der Waals surface area contributed by atoms with Gasteiger partial charge in [0.15, 0.2) is 0 Å². The second-order valence-corrected chi connectivity index (χ2v) is 6.66. The number of carbonyl (C=O) groups is 1. The van der Waals surface area contributed by atoms with Gasteiger partial charge in [-0.3, -0.25) is 4.79 Å². The minimum atomic E-state index is -3.69. The average Bonchev–Trinajstić information content (AvgIpc) is 2.26. The maximum Gasteiger partial charge on any atom is 0.304 e. The van der Waals surface area contributed by atoms with Crippen LogP contribution in [-0.4, -0.2) is 25.5 Å². The van der Waals surface area contributed by atoms with Crippen molar-refractivity contribution in [2.24, 2.45) is 0 Å². The van der Waals surface area contributed by atoms with E-state index in [9.17, 15) is 13.2 Å². The Balaban J connectivity index is 2.99. The van der Waals surface area contributed by atoms with Gasteiger partial charge in [-0.15, -0.1) is 0 Å². The van der Waals surface area contributed by atoms with Crippen LogP contribution in [0, 0.1) is 13.8 Å². The third kappa shape index (κ3) is 4.61. The Bertz CT molecular complexity index is 581. The SMILES string of the molecule is CCCC(CC(=O)O)NS(=O)(=O)c1ccc(C)cc1C. The summed E-state index contributed by atoms with van der Waals surface area (Å²) in [5.74, 6) is -1.01. The van der Waals surface area contributed by atoms with Crippen LogP contribution in [0.5, 0.6) is 0 Å². The molecule has 0 aromatic heterocycles. The first-order valence-corrected chi connectivity index (χ1v) is 8.06. The lowest BCUT2D eigenvalue weighted by atomic mass is 10.1. The second kappa shape index (κ2) is 6.85. The molecule has 0 radical (unpaired) electrons. The predicted molar refractivity (Wildman–Crippen MR) is 77.2 cm³/mol. The molecule has 0 amide bonds. The van der Waals surface area contributed by atoms with Crippen LogP contribution >= 0.6 is 0 Å². The highest BCUT2D eigenvalue weighted by Gasteiger charge is 2.22. The molecule has 0 fully saturated rings. The zero-order valence-corrected chi connectivity index (χ0v) is 12.8. The minimum absolute atomic E-state index is 0.203. The molecule has 1 aromatic rings. The molecule has 0 bridgehead atoms. The van der Waals surface area contributed by atoms with Gasteiger partial charge >= 0.3 is 5.97 Å². The molecule has 6 heteroatoms. The van der Waals surface area contributed by atoms with Crippen LogP contribution in [0.1, 0.15) is 37.3 Å². The van der Waals surface area contributed by atoms with Gasteiger partial charge < -0.3 is 5.11 Å². The lowest BCUT2D eigenvalue weighted by Gasteiger charge is -2.17. The lowest BCUT2D eigenvalue weighted by molar-refractivity contribution is -0.137. The second-order valence-electron chi connectivity index (χ2n) is 4.97. The smallest absolute Gasteiger partial charge is 0.304 e. The van der Waals surface area contributed by atoms with Crippen LogP contribution in [-0.2, 0) is 14.8 Å². The Kier molecular flexibility index (Phi) is 5.71. The van der Waals surface area contributed by atoms with E-state index < -0.39 is 22.0 Å². The number of sulfonamides is 1. The summed E-state index contributed by atoms with van der Waals surface area (Å²) in [7, 11) is -3.69. The first-order chi connectivity index (χ1) is 9.26. The number of aryl methyl sites for hydroxylation is 2. The van der Waals surface area contributed by atoms with Crippen LogP contribution < -0.4 is 4.72 Å². The van der Waals surface area contributed by atoms with E-state index >= 15 is 0 Å². The number of nitrogens with one attached hydrogen (secondary N) is 1. The van der Waals surface area contributed by atoms with E-state index in [0.29, 0.717) is 18.4 Å². The highest BCUT2D eigenvalue weighted by Crippen LogP contribution is 2.17. The van der Waals surface area contributed by atoms with Crippen LogP contribution in [0.25, 0.3) is 0 Å². The van der Waals surface area contributed by atoms with Crippen molar-refractivity contribution >= 4 is 16.0 Å². The molecular formula is C14H21NO4S. The van der Waals surface area contributed by atoms with Gasteiger partial charge in [0, 0.05) is 6.04 Å². The normalized spacial score (nSPS) is 13.2. The van der Waals surface area contributed by atoms with Gasteiger partial charge in [0.1, 0.15) is 0 Å². The zero-order valence-electron chi connectivity index (χ0n) is 12.0. The van der Waals surface area contributed by atoms with Gasteiger partial charge in [-0.25, -0.2) is 13.1 Å². The Labute approximate surface area is 120 Å². The summed E-state index contributed by atoms with van der Waals surface area (Å²) in [6, 6.07) is 4.49. The van der Waals surface area contributed by atoms with Gasteiger partial charge in [0.25, 0.3) is 0 Å². The molecule has 0 aliphatic heterocycles. The van der Waals surface area contributed by atoms with Crippen LogP contribution in [0.2, 0.25) is 0 Å². The summed E-state index contributed by atoms with van der Waals surface area (Å²) in [6.07, 6.45) is 1.00. The molecule has 1 atom stereocenters. The molecule has 112 valence electrons. The first-order valence-electron chi connectivity index (χ1n) is 6.57. The van der Waals surface area contributed by atoms with Gasteiger partial charge in [-0.1, -0.05) is 31.0 Å². The zero-order chi connectivity index (χ0) is 15.3. The van der Waals surface area contributed by atoms with Crippen molar-refractivity contribution in [3.05, 3.63) is 29.3 Å². The van der Waals surface area contributed by atoms with Gasteiger partial charge in [-0.05, 0) is 31.9 Å². The van der Waals surface area contributed by atoms with Crippen molar-refractivity contribution in [2.45, 2.75) is 51.0 Å². The van der Waals surface area contributed by atoms with Crippen molar-refractivity contribution in [2.75, 3.05) is 0 Å². The van der Waals surface area contributed by atoms with E-state index in [4.69, 9.17) is 5.11 Å². The summed E-state index contributed by atoms with van der Waals surface area (Å²) in [6.45, 7) is 5.51. The predicted octanol–water partition coefficient (Wildman–Crippen LogP) is 2.23. The van der Waals surface area contributed by atoms with Crippen molar-refractivity contribution in [3.63, 3.8) is 0 Å². The molecule has 0 heterocycles. The number of aliphatic carboxylic acids is 1. The largest absolute Gasteiger partial charge is 0.481 e. The summed E-state index contributed by atoms with van der Waals surface area (Å²) in [4.78, 5) is 11.0. The molecule has 0 saturated carbocycles. The summed E-state index contributed by atoms with van der Waals surface area (Å²) in [5, 5.41) is 8.83. The number of hydrogen-bond donors (Lipinski definition) is 2. The van der Waals surface area contributed by atoms with Crippen LogP contribution in [0.15, 0.2) is 23.1 Å². The van der Waals surface area contributed by atoms with Gasteiger partial charge in [0.2, 0.25) is 10.0 Å². The van der Waals surface area contributed by atoms with E-state index in [-0.39, 0.29) is 11.3 Å². The average molecular weight is 299 g/mol. The molecule has 1 aromatic carbocycles. The maximum atomic E-state index is 12.3. The number of hydrogen-bond acceptors (Lipinski definition) is 3. The Morgan fingerprint density at radius 3 is 2.50 bits per heavy atom. The lowest BCUT2D eigenvalue weighted by Crippen LogP contribution is -2.36. The van der Waals surface area contributed by atoms with E-state index in [0.717, 1.165) is 5.56 Å². The summed E-state index contributed by atoms with van der Waals surface area (Å²) in [5.41, 5.74) is 1.64. The monoisotopic (exact) mass is 299 g/mol. The maximum absolute atomic E-state index is 12.3. The molecule has 0 saturated heterocycles. The Hall–Kier alpha value is -1.40. The highest BCUT2D eigenvalue weighted by atomic mass is 32.2. The third-order valence-electron chi connectivity index (χ3n) is 3.00. The molecule has 2 N–H and O–H groups in total. The number of rotatable bonds is 7. The Morgan fingerprint density at radius 1 is 1.35 bits per heavy atom. The van der Waals surface area contributed by atoms with Gasteiger partial charge in [0.05, 0.1) is 11.3 Å². The fourth-order valence-corrected chi connectivity index (χ4v) is 3.64. The Morgan fingerprint density at radius 2 is 2.00 bits per heavy atom. The number of carboxylic acid groups (broad SMARTS) is 1. The fourth-order valence-electron chi connectivity index (χ4n) is 2.15. The van der Waals surface area contributed by atoms with Crippen LogP contribution in [0.4, 0.5) is 0 Å². The van der Waals surface area contributed by atoms with Crippen molar-refractivity contribution in [1.82, 2.24) is 4.72 Å². The molecule has 5 nitrogen and oxygen atoms in total.